The van der Waals surface area contributed by atoms with Crippen molar-refractivity contribution in [3.63, 3.8) is 0 Å². The number of nitrogens with one attached hydrogen (secondary N) is 1. The highest BCUT2D eigenvalue weighted by Gasteiger charge is 2.25. The highest BCUT2D eigenvalue weighted by molar-refractivity contribution is 5.92. The smallest absolute Gasteiger partial charge is 0.227 e. The SMILES string of the molecule is CC(CC(=O)N1CCN(c2ccc(NC(=O)C3CCCCC3)cc2)CC1)CC(C)(C)C. The molecule has 3 rings (SSSR count). The van der Waals surface area contributed by atoms with Crippen molar-refractivity contribution in [2.45, 2.75) is 72.6 Å². The molecule has 1 aromatic rings. The van der Waals surface area contributed by atoms with Gasteiger partial charge in [-0.15, -0.1) is 0 Å². The van der Waals surface area contributed by atoms with Crippen LogP contribution in [0.3, 0.4) is 0 Å². The second-order valence-corrected chi connectivity index (χ2v) is 10.8. The number of nitrogens with zero attached hydrogens (tertiary/aromatic N) is 2. The predicted molar refractivity (Wildman–Crippen MR) is 128 cm³/mol. The van der Waals surface area contributed by atoms with Crippen molar-refractivity contribution in [2.75, 3.05) is 36.4 Å². The van der Waals surface area contributed by atoms with Gasteiger partial charge in [0.25, 0.3) is 0 Å². The van der Waals surface area contributed by atoms with E-state index in [9.17, 15) is 9.59 Å². The second kappa shape index (κ2) is 10.5. The Morgan fingerprint density at radius 2 is 1.61 bits per heavy atom. The number of benzene rings is 1. The normalized spacial score (nSPS) is 19.2. The fourth-order valence-electron chi connectivity index (χ4n) is 5.12. The van der Waals surface area contributed by atoms with Crippen LogP contribution in [0.15, 0.2) is 24.3 Å². The molecule has 1 aliphatic heterocycles. The van der Waals surface area contributed by atoms with Gasteiger partial charge >= 0.3 is 0 Å². The Labute approximate surface area is 188 Å². The molecule has 0 aromatic heterocycles. The monoisotopic (exact) mass is 427 g/mol. The van der Waals surface area contributed by atoms with Crippen LogP contribution in [0, 0.1) is 17.3 Å². The number of piperazine rings is 1. The maximum Gasteiger partial charge on any atom is 0.227 e. The number of amides is 2. The minimum atomic E-state index is 0.167. The van der Waals surface area contributed by atoms with Crippen LogP contribution in [0.2, 0.25) is 0 Å². The van der Waals surface area contributed by atoms with Crippen molar-refractivity contribution in [3.8, 4) is 0 Å². The first kappa shape index (κ1) is 23.6. The molecule has 0 bridgehead atoms. The Morgan fingerprint density at radius 1 is 1.00 bits per heavy atom. The third-order valence-corrected chi connectivity index (χ3v) is 6.59. The Hall–Kier alpha value is -2.04. The van der Waals surface area contributed by atoms with Crippen molar-refractivity contribution in [1.29, 1.82) is 0 Å². The zero-order valence-corrected chi connectivity index (χ0v) is 20.0. The molecular weight excluding hydrogens is 386 g/mol. The summed E-state index contributed by atoms with van der Waals surface area (Å²) in [6.07, 6.45) is 7.34. The summed E-state index contributed by atoms with van der Waals surface area (Å²) in [5.41, 5.74) is 2.30. The average molecular weight is 428 g/mol. The Kier molecular flexibility index (Phi) is 8.01. The first-order chi connectivity index (χ1) is 14.7. The molecule has 1 atom stereocenters. The van der Waals surface area contributed by atoms with Gasteiger partial charge in [-0.2, -0.15) is 0 Å². The molecule has 0 radical (unpaired) electrons. The topological polar surface area (TPSA) is 52.7 Å². The zero-order chi connectivity index (χ0) is 22.4. The van der Waals surface area contributed by atoms with Crippen molar-refractivity contribution in [2.24, 2.45) is 17.3 Å². The van der Waals surface area contributed by atoms with Gasteiger partial charge in [-0.3, -0.25) is 9.59 Å². The van der Waals surface area contributed by atoms with E-state index in [-0.39, 0.29) is 23.1 Å². The highest BCUT2D eigenvalue weighted by Crippen LogP contribution is 2.28. The van der Waals surface area contributed by atoms with E-state index in [4.69, 9.17) is 0 Å². The van der Waals surface area contributed by atoms with Crippen LogP contribution in [-0.4, -0.2) is 42.9 Å². The van der Waals surface area contributed by atoms with E-state index in [0.717, 1.165) is 56.8 Å². The van der Waals surface area contributed by atoms with E-state index in [2.05, 4.69) is 50.0 Å². The van der Waals surface area contributed by atoms with Gasteiger partial charge in [-0.25, -0.2) is 0 Å². The highest BCUT2D eigenvalue weighted by atomic mass is 16.2. The molecular formula is C26H41N3O2. The lowest BCUT2D eigenvalue weighted by molar-refractivity contribution is -0.132. The van der Waals surface area contributed by atoms with E-state index in [1.54, 1.807) is 0 Å². The van der Waals surface area contributed by atoms with E-state index in [1.807, 2.05) is 17.0 Å². The summed E-state index contributed by atoms with van der Waals surface area (Å²) in [6, 6.07) is 8.17. The molecule has 1 aromatic carbocycles. The Morgan fingerprint density at radius 3 is 2.19 bits per heavy atom. The maximum absolute atomic E-state index is 12.7. The largest absolute Gasteiger partial charge is 0.368 e. The number of anilines is 2. The summed E-state index contributed by atoms with van der Waals surface area (Å²) in [5.74, 6) is 1.05. The van der Waals surface area contributed by atoms with Crippen LogP contribution in [0.5, 0.6) is 0 Å². The van der Waals surface area contributed by atoms with E-state index < -0.39 is 0 Å². The van der Waals surface area contributed by atoms with Gasteiger partial charge in [0.05, 0.1) is 0 Å². The van der Waals surface area contributed by atoms with Crippen LogP contribution in [0.1, 0.15) is 72.6 Å². The van der Waals surface area contributed by atoms with E-state index >= 15 is 0 Å². The van der Waals surface area contributed by atoms with E-state index in [0.29, 0.717) is 12.3 Å². The quantitative estimate of drug-likeness (QED) is 0.669. The molecule has 2 amide bonds. The minimum Gasteiger partial charge on any atom is -0.368 e. The molecule has 5 heteroatoms. The van der Waals surface area contributed by atoms with Crippen molar-refractivity contribution in [3.05, 3.63) is 24.3 Å². The fraction of sp³-hybridized carbons (Fsp3) is 0.692. The first-order valence-electron chi connectivity index (χ1n) is 12.1. The van der Waals surface area contributed by atoms with Crippen LogP contribution in [0.25, 0.3) is 0 Å². The summed E-state index contributed by atoms with van der Waals surface area (Å²) in [4.78, 5) is 29.5. The molecule has 2 fully saturated rings. The molecule has 31 heavy (non-hydrogen) atoms. The molecule has 1 saturated carbocycles. The first-order valence-corrected chi connectivity index (χ1v) is 12.1. The molecule has 172 valence electrons. The summed E-state index contributed by atoms with van der Waals surface area (Å²) in [5, 5.41) is 3.09. The molecule has 2 aliphatic rings. The summed E-state index contributed by atoms with van der Waals surface area (Å²) < 4.78 is 0. The zero-order valence-electron chi connectivity index (χ0n) is 20.0. The molecule has 1 saturated heterocycles. The number of rotatable bonds is 6. The van der Waals surface area contributed by atoms with Crippen LogP contribution in [0.4, 0.5) is 11.4 Å². The van der Waals surface area contributed by atoms with Gasteiger partial charge in [-0.1, -0.05) is 47.0 Å². The van der Waals surface area contributed by atoms with Crippen molar-refractivity contribution in [1.82, 2.24) is 4.90 Å². The summed E-state index contributed by atoms with van der Waals surface area (Å²) in [7, 11) is 0. The van der Waals surface area contributed by atoms with Gasteiger partial charge < -0.3 is 15.1 Å². The van der Waals surface area contributed by atoms with Crippen molar-refractivity contribution >= 4 is 23.2 Å². The Bertz CT molecular complexity index is 724. The van der Waals surface area contributed by atoms with Gasteiger partial charge in [0.15, 0.2) is 0 Å². The molecule has 1 aliphatic carbocycles. The van der Waals surface area contributed by atoms with Crippen molar-refractivity contribution < 1.29 is 9.59 Å². The van der Waals surface area contributed by atoms with E-state index in [1.165, 1.54) is 19.3 Å². The van der Waals surface area contributed by atoms with Crippen LogP contribution >= 0.6 is 0 Å². The molecule has 0 spiro atoms. The van der Waals surface area contributed by atoms with Crippen LogP contribution in [-0.2, 0) is 9.59 Å². The summed E-state index contributed by atoms with van der Waals surface area (Å²) in [6.45, 7) is 12.2. The second-order valence-electron chi connectivity index (χ2n) is 10.8. The van der Waals surface area contributed by atoms with Gasteiger partial charge in [0, 0.05) is 49.9 Å². The standard InChI is InChI=1S/C26H41N3O2/c1-20(19-26(2,3)4)18-24(30)29-16-14-28(15-17-29)23-12-10-22(11-13-23)27-25(31)21-8-6-5-7-9-21/h10-13,20-21H,5-9,14-19H2,1-4H3,(H,27,31). The Balaban J connectivity index is 1.45. The van der Waals surface area contributed by atoms with Gasteiger partial charge in [0.2, 0.25) is 11.8 Å². The third-order valence-electron chi connectivity index (χ3n) is 6.59. The molecule has 1 heterocycles. The molecule has 1 unspecified atom stereocenters. The number of carbonyl (C=O) groups excluding carboxylic acids is 2. The van der Waals surface area contributed by atoms with Gasteiger partial charge in [-0.05, 0) is 54.9 Å². The average Bonchev–Trinajstić information content (AvgIpc) is 2.73. The minimum absolute atomic E-state index is 0.167. The lowest BCUT2D eigenvalue weighted by atomic mass is 9.84. The number of carbonyl (C=O) groups is 2. The summed E-state index contributed by atoms with van der Waals surface area (Å²) >= 11 is 0. The number of hydrogen-bond donors (Lipinski definition) is 1. The lowest BCUT2D eigenvalue weighted by Crippen LogP contribution is -2.49. The van der Waals surface area contributed by atoms with Gasteiger partial charge in [0.1, 0.15) is 0 Å². The number of hydrogen-bond acceptors (Lipinski definition) is 3. The maximum atomic E-state index is 12.7. The fourth-order valence-corrected chi connectivity index (χ4v) is 5.12. The predicted octanol–water partition coefficient (Wildman–Crippen LogP) is 5.32. The lowest BCUT2D eigenvalue weighted by Gasteiger charge is -2.37. The molecule has 5 nitrogen and oxygen atoms in total. The third kappa shape index (κ3) is 7.26. The molecule has 1 N–H and O–H groups in total. The van der Waals surface area contributed by atoms with Crippen LogP contribution < -0.4 is 10.2 Å².